The van der Waals surface area contributed by atoms with E-state index in [0.717, 1.165) is 4.88 Å². The van der Waals surface area contributed by atoms with Gasteiger partial charge in [-0.1, -0.05) is 6.07 Å². The van der Waals surface area contributed by atoms with E-state index in [0.29, 0.717) is 28.8 Å². The maximum Gasteiger partial charge on any atom is 0.337 e. The molecule has 3 heterocycles. The molecule has 0 aliphatic heterocycles. The Kier molecular flexibility index (Phi) is 6.18. The fourth-order valence-electron chi connectivity index (χ4n) is 3.39. The van der Waals surface area contributed by atoms with E-state index in [1.807, 2.05) is 24.4 Å². The topological polar surface area (TPSA) is 112 Å². The van der Waals surface area contributed by atoms with Crippen LogP contribution in [0.1, 0.15) is 38.0 Å². The number of anilines is 1. The first-order valence-corrected chi connectivity index (χ1v) is 10.9. The minimum atomic E-state index is -0.647. The number of benzene rings is 1. The Balaban J connectivity index is 1.79. The molecule has 168 valence electrons. The number of rotatable bonds is 6. The first-order chi connectivity index (χ1) is 15.9. The van der Waals surface area contributed by atoms with Gasteiger partial charge in [0.25, 0.3) is 5.91 Å². The standard InChI is InChI=1S/C23H20N4O5S/c1-4-27-20-17(12-24-27)16(11-18(26-20)19-6-5-7-33-19)21(28)25-15-9-13(22(29)31-2)8-14(10-15)23(30)32-3/h5-12H,4H2,1-3H3,(H,25,28). The Hall–Kier alpha value is -4.05. The van der Waals surface area contributed by atoms with Crippen molar-refractivity contribution in [3.05, 3.63) is 64.7 Å². The highest BCUT2D eigenvalue weighted by atomic mass is 32.1. The lowest BCUT2D eigenvalue weighted by Crippen LogP contribution is -2.15. The SMILES string of the molecule is CCn1ncc2c(C(=O)Nc3cc(C(=O)OC)cc(C(=O)OC)c3)cc(-c3cccs3)nc21. The number of esters is 2. The molecule has 10 heteroatoms. The fraction of sp³-hybridized carbons (Fsp3) is 0.174. The van der Waals surface area contributed by atoms with Crippen molar-refractivity contribution in [2.24, 2.45) is 0 Å². The van der Waals surface area contributed by atoms with Crippen LogP contribution in [-0.4, -0.2) is 46.8 Å². The van der Waals surface area contributed by atoms with Crippen LogP contribution in [0, 0.1) is 0 Å². The summed E-state index contributed by atoms with van der Waals surface area (Å²) >= 11 is 1.51. The van der Waals surface area contributed by atoms with E-state index >= 15 is 0 Å². The Morgan fingerprint density at radius 1 is 1.06 bits per heavy atom. The van der Waals surface area contributed by atoms with E-state index in [1.165, 1.54) is 43.8 Å². The van der Waals surface area contributed by atoms with Gasteiger partial charge in [0.15, 0.2) is 5.65 Å². The van der Waals surface area contributed by atoms with Crippen molar-refractivity contribution in [3.8, 4) is 10.6 Å². The zero-order chi connectivity index (χ0) is 23.5. The lowest BCUT2D eigenvalue weighted by Gasteiger charge is -2.11. The molecule has 0 atom stereocenters. The molecule has 1 amide bonds. The zero-order valence-electron chi connectivity index (χ0n) is 18.1. The van der Waals surface area contributed by atoms with Crippen LogP contribution in [0.4, 0.5) is 5.69 Å². The average molecular weight is 465 g/mol. The third kappa shape index (κ3) is 4.33. The van der Waals surface area contributed by atoms with Crippen molar-refractivity contribution in [2.45, 2.75) is 13.5 Å². The number of nitrogens with one attached hydrogen (secondary N) is 1. The van der Waals surface area contributed by atoms with E-state index in [1.54, 1.807) is 16.9 Å². The summed E-state index contributed by atoms with van der Waals surface area (Å²) in [5.74, 6) is -1.73. The molecule has 0 aliphatic carbocycles. The van der Waals surface area contributed by atoms with Crippen LogP contribution in [0.25, 0.3) is 21.6 Å². The van der Waals surface area contributed by atoms with Gasteiger partial charge < -0.3 is 14.8 Å². The van der Waals surface area contributed by atoms with Gasteiger partial charge in [0, 0.05) is 12.2 Å². The Labute approximate surface area is 193 Å². The lowest BCUT2D eigenvalue weighted by atomic mass is 10.1. The van der Waals surface area contributed by atoms with Gasteiger partial charge in [0.05, 0.1) is 53.1 Å². The molecule has 0 saturated carbocycles. The molecule has 33 heavy (non-hydrogen) atoms. The molecule has 0 radical (unpaired) electrons. The highest BCUT2D eigenvalue weighted by Crippen LogP contribution is 2.29. The number of nitrogens with zero attached hydrogens (tertiary/aromatic N) is 3. The second-order valence-electron chi connectivity index (χ2n) is 6.97. The third-order valence-electron chi connectivity index (χ3n) is 4.96. The van der Waals surface area contributed by atoms with Crippen LogP contribution in [0.15, 0.2) is 48.0 Å². The lowest BCUT2D eigenvalue weighted by molar-refractivity contribution is 0.0599. The Morgan fingerprint density at radius 3 is 2.33 bits per heavy atom. The number of methoxy groups -OCH3 is 2. The van der Waals surface area contributed by atoms with E-state index in [9.17, 15) is 14.4 Å². The highest BCUT2D eigenvalue weighted by Gasteiger charge is 2.20. The fourth-order valence-corrected chi connectivity index (χ4v) is 4.07. The van der Waals surface area contributed by atoms with Gasteiger partial charge in [0.1, 0.15) is 0 Å². The Morgan fingerprint density at radius 2 is 1.76 bits per heavy atom. The molecule has 3 aromatic heterocycles. The van der Waals surface area contributed by atoms with Crippen molar-refractivity contribution in [2.75, 3.05) is 19.5 Å². The molecule has 0 fully saturated rings. The van der Waals surface area contributed by atoms with Gasteiger partial charge in [-0.25, -0.2) is 19.3 Å². The number of fused-ring (bicyclic) bond motifs is 1. The number of hydrogen-bond acceptors (Lipinski definition) is 8. The molecule has 1 N–H and O–H groups in total. The number of thiophene rings is 1. The van der Waals surface area contributed by atoms with Crippen LogP contribution in [-0.2, 0) is 16.0 Å². The number of aryl methyl sites for hydroxylation is 1. The number of pyridine rings is 1. The Bertz CT molecular complexity index is 1330. The highest BCUT2D eigenvalue weighted by molar-refractivity contribution is 7.13. The summed E-state index contributed by atoms with van der Waals surface area (Å²) in [7, 11) is 2.47. The number of ether oxygens (including phenoxy) is 2. The molecule has 0 bridgehead atoms. The largest absolute Gasteiger partial charge is 0.465 e. The smallest absolute Gasteiger partial charge is 0.337 e. The minimum Gasteiger partial charge on any atom is -0.465 e. The molecular weight excluding hydrogens is 444 g/mol. The van der Waals surface area contributed by atoms with Crippen LogP contribution >= 0.6 is 11.3 Å². The zero-order valence-corrected chi connectivity index (χ0v) is 18.9. The van der Waals surface area contributed by atoms with E-state index in [4.69, 9.17) is 14.5 Å². The molecular formula is C23H20N4O5S. The van der Waals surface area contributed by atoms with Gasteiger partial charge >= 0.3 is 11.9 Å². The number of carbonyl (C=O) groups is 3. The second kappa shape index (κ2) is 9.21. The predicted octanol–water partition coefficient (Wildman–Crippen LogP) is 4.01. The molecule has 1 aromatic carbocycles. The van der Waals surface area contributed by atoms with Crippen LogP contribution in [0.2, 0.25) is 0 Å². The van der Waals surface area contributed by atoms with Gasteiger partial charge in [-0.15, -0.1) is 11.3 Å². The first-order valence-electron chi connectivity index (χ1n) is 9.98. The summed E-state index contributed by atoms with van der Waals surface area (Å²) in [6, 6.07) is 9.76. The van der Waals surface area contributed by atoms with Crippen LogP contribution in [0.3, 0.4) is 0 Å². The number of carbonyl (C=O) groups excluding carboxylic acids is 3. The normalized spacial score (nSPS) is 10.8. The number of hydrogen-bond donors (Lipinski definition) is 1. The van der Waals surface area contributed by atoms with Crippen molar-refractivity contribution in [3.63, 3.8) is 0 Å². The van der Waals surface area contributed by atoms with Gasteiger partial charge in [-0.3, -0.25) is 4.79 Å². The summed E-state index contributed by atoms with van der Waals surface area (Å²) in [4.78, 5) is 43.1. The van der Waals surface area contributed by atoms with Crippen LogP contribution in [0.5, 0.6) is 0 Å². The number of amides is 1. The van der Waals surface area contributed by atoms with E-state index in [-0.39, 0.29) is 16.8 Å². The molecule has 0 unspecified atom stereocenters. The van der Waals surface area contributed by atoms with Gasteiger partial charge in [0.2, 0.25) is 0 Å². The summed E-state index contributed by atoms with van der Waals surface area (Å²) in [6.45, 7) is 2.54. The van der Waals surface area contributed by atoms with Gasteiger partial charge in [-0.05, 0) is 42.6 Å². The molecule has 0 spiro atoms. The van der Waals surface area contributed by atoms with Crippen LogP contribution < -0.4 is 5.32 Å². The molecule has 4 rings (SSSR count). The monoisotopic (exact) mass is 464 g/mol. The molecule has 0 aliphatic rings. The molecule has 9 nitrogen and oxygen atoms in total. The summed E-state index contributed by atoms with van der Waals surface area (Å²) in [5.41, 5.74) is 2.06. The second-order valence-corrected chi connectivity index (χ2v) is 7.91. The molecule has 0 saturated heterocycles. The van der Waals surface area contributed by atoms with Crippen molar-refractivity contribution in [1.29, 1.82) is 0 Å². The quantitative estimate of drug-likeness (QED) is 0.429. The minimum absolute atomic E-state index is 0.105. The van der Waals surface area contributed by atoms with Crippen molar-refractivity contribution < 1.29 is 23.9 Å². The van der Waals surface area contributed by atoms with Crippen molar-refractivity contribution in [1.82, 2.24) is 14.8 Å². The maximum absolute atomic E-state index is 13.3. The number of aromatic nitrogens is 3. The molecule has 4 aromatic rings. The summed E-state index contributed by atoms with van der Waals surface area (Å²) in [6.07, 6.45) is 1.60. The summed E-state index contributed by atoms with van der Waals surface area (Å²) in [5, 5.41) is 9.64. The maximum atomic E-state index is 13.3. The average Bonchev–Trinajstić information content (AvgIpc) is 3.52. The van der Waals surface area contributed by atoms with E-state index < -0.39 is 17.8 Å². The summed E-state index contributed by atoms with van der Waals surface area (Å²) < 4.78 is 11.2. The third-order valence-corrected chi connectivity index (χ3v) is 5.85. The van der Waals surface area contributed by atoms with Gasteiger partial charge in [-0.2, -0.15) is 5.10 Å². The first kappa shape index (κ1) is 22.2. The van der Waals surface area contributed by atoms with E-state index in [2.05, 4.69) is 10.4 Å². The van der Waals surface area contributed by atoms with Crippen molar-refractivity contribution >= 4 is 45.9 Å². The predicted molar refractivity (Wildman–Crippen MR) is 124 cm³/mol.